The number of amides is 1. The van der Waals surface area contributed by atoms with Crippen LogP contribution in [0, 0.1) is 5.92 Å². The van der Waals surface area contributed by atoms with Crippen molar-refractivity contribution in [2.45, 2.75) is 18.9 Å². The predicted molar refractivity (Wildman–Crippen MR) is 77.6 cm³/mol. The molecule has 0 bridgehead atoms. The molecule has 1 atom stereocenters. The molecule has 0 radical (unpaired) electrons. The topological polar surface area (TPSA) is 47.6 Å². The monoisotopic (exact) mass is 275 g/mol. The van der Waals surface area contributed by atoms with E-state index in [4.69, 9.17) is 9.47 Å². The van der Waals surface area contributed by atoms with Crippen molar-refractivity contribution in [2.75, 3.05) is 20.3 Å². The summed E-state index contributed by atoms with van der Waals surface area (Å²) in [6.45, 7) is 5.03. The zero-order valence-corrected chi connectivity index (χ0v) is 11.8. The van der Waals surface area contributed by atoms with Gasteiger partial charge >= 0.3 is 0 Å². The zero-order valence-electron chi connectivity index (χ0n) is 11.8. The van der Waals surface area contributed by atoms with E-state index in [1.807, 2.05) is 24.3 Å². The van der Waals surface area contributed by atoms with Gasteiger partial charge in [0.15, 0.2) is 0 Å². The van der Waals surface area contributed by atoms with E-state index in [1.54, 1.807) is 7.11 Å². The van der Waals surface area contributed by atoms with Crippen LogP contribution >= 0.6 is 0 Å². The maximum atomic E-state index is 11.7. The first kappa shape index (κ1) is 14.6. The minimum atomic E-state index is -0.141. The highest BCUT2D eigenvalue weighted by Gasteiger charge is 2.26. The number of rotatable bonds is 5. The number of hydrogen-bond donors (Lipinski definition) is 1. The molecule has 108 valence electrons. The van der Waals surface area contributed by atoms with Gasteiger partial charge in [0.1, 0.15) is 5.75 Å². The van der Waals surface area contributed by atoms with Crippen molar-refractivity contribution in [3.63, 3.8) is 0 Å². The number of carbonyl (C=O) groups excluding carboxylic acids is 1. The molecule has 4 nitrogen and oxygen atoms in total. The van der Waals surface area contributed by atoms with Crippen LogP contribution in [0.4, 0.5) is 0 Å². The number of benzene rings is 1. The van der Waals surface area contributed by atoms with E-state index in [-0.39, 0.29) is 11.9 Å². The third-order valence-corrected chi connectivity index (χ3v) is 3.70. The van der Waals surface area contributed by atoms with E-state index in [9.17, 15) is 4.79 Å². The van der Waals surface area contributed by atoms with Crippen LogP contribution in [0.2, 0.25) is 0 Å². The standard InChI is InChI=1S/C16H21NO3/c1-3-15(18)17-16(13-8-10-20-11-9-13)12-4-6-14(19-2)7-5-12/h3-7,13,16H,1,8-11H2,2H3,(H,17,18). The molecule has 1 N–H and O–H groups in total. The number of carbonyl (C=O) groups is 1. The van der Waals surface area contributed by atoms with Gasteiger partial charge < -0.3 is 14.8 Å². The van der Waals surface area contributed by atoms with E-state index in [2.05, 4.69) is 11.9 Å². The van der Waals surface area contributed by atoms with Gasteiger partial charge in [0.25, 0.3) is 0 Å². The van der Waals surface area contributed by atoms with Gasteiger partial charge in [-0.2, -0.15) is 0 Å². The summed E-state index contributed by atoms with van der Waals surface area (Å²) < 4.78 is 10.6. The lowest BCUT2D eigenvalue weighted by Gasteiger charge is -2.31. The molecule has 1 fully saturated rings. The largest absolute Gasteiger partial charge is 0.497 e. The van der Waals surface area contributed by atoms with Gasteiger partial charge in [-0.3, -0.25) is 4.79 Å². The average molecular weight is 275 g/mol. The van der Waals surface area contributed by atoms with E-state index < -0.39 is 0 Å². The third kappa shape index (κ3) is 3.61. The summed E-state index contributed by atoms with van der Waals surface area (Å²) in [7, 11) is 1.64. The Balaban J connectivity index is 2.18. The van der Waals surface area contributed by atoms with Crippen LogP contribution in [-0.4, -0.2) is 26.2 Å². The molecule has 0 saturated carbocycles. The van der Waals surface area contributed by atoms with E-state index in [1.165, 1.54) is 6.08 Å². The molecule has 1 heterocycles. The van der Waals surface area contributed by atoms with Crippen LogP contribution in [0.15, 0.2) is 36.9 Å². The molecule has 1 unspecified atom stereocenters. The molecule has 1 aliphatic heterocycles. The SMILES string of the molecule is C=CC(=O)NC(c1ccc(OC)cc1)C1CCOCC1. The molecule has 1 amide bonds. The average Bonchev–Trinajstić information content (AvgIpc) is 2.53. The number of hydrogen-bond acceptors (Lipinski definition) is 3. The van der Waals surface area contributed by atoms with Crippen LogP contribution in [0.1, 0.15) is 24.4 Å². The van der Waals surface area contributed by atoms with Gasteiger partial charge in [0.05, 0.1) is 13.2 Å². The van der Waals surface area contributed by atoms with Crippen LogP contribution < -0.4 is 10.1 Å². The lowest BCUT2D eigenvalue weighted by atomic mass is 9.87. The lowest BCUT2D eigenvalue weighted by molar-refractivity contribution is -0.117. The van der Waals surface area contributed by atoms with Gasteiger partial charge in [0.2, 0.25) is 5.91 Å². The summed E-state index contributed by atoms with van der Waals surface area (Å²) in [5.41, 5.74) is 1.09. The summed E-state index contributed by atoms with van der Waals surface area (Å²) in [5.74, 6) is 1.06. The number of nitrogens with one attached hydrogen (secondary N) is 1. The van der Waals surface area contributed by atoms with Crippen molar-refractivity contribution >= 4 is 5.91 Å². The van der Waals surface area contributed by atoms with Crippen LogP contribution in [0.3, 0.4) is 0 Å². The molecule has 0 aromatic heterocycles. The quantitative estimate of drug-likeness (QED) is 0.840. The smallest absolute Gasteiger partial charge is 0.243 e. The molecule has 0 aliphatic carbocycles. The Bertz CT molecular complexity index is 449. The summed E-state index contributed by atoms with van der Waals surface area (Å²) in [6.07, 6.45) is 3.22. The maximum absolute atomic E-state index is 11.7. The fourth-order valence-electron chi connectivity index (χ4n) is 2.55. The molecule has 1 aromatic carbocycles. The molecule has 1 aromatic rings. The van der Waals surface area contributed by atoms with Gasteiger partial charge in [-0.25, -0.2) is 0 Å². The first-order valence-electron chi connectivity index (χ1n) is 6.89. The van der Waals surface area contributed by atoms with Crippen molar-refractivity contribution in [3.8, 4) is 5.75 Å². The second-order valence-corrected chi connectivity index (χ2v) is 4.91. The Morgan fingerprint density at radius 1 is 1.40 bits per heavy atom. The fraction of sp³-hybridized carbons (Fsp3) is 0.438. The molecule has 20 heavy (non-hydrogen) atoms. The minimum absolute atomic E-state index is 0.00435. The lowest BCUT2D eigenvalue weighted by Crippen LogP contribution is -2.35. The molecule has 0 spiro atoms. The number of ether oxygens (including phenoxy) is 2. The van der Waals surface area contributed by atoms with Gasteiger partial charge in [0, 0.05) is 13.2 Å². The van der Waals surface area contributed by atoms with Crippen molar-refractivity contribution in [1.29, 1.82) is 0 Å². The Hall–Kier alpha value is -1.81. The predicted octanol–water partition coefficient (Wildman–Crippen LogP) is 2.47. The van der Waals surface area contributed by atoms with Gasteiger partial charge in [-0.15, -0.1) is 0 Å². The van der Waals surface area contributed by atoms with Crippen LogP contribution in [-0.2, 0) is 9.53 Å². The zero-order chi connectivity index (χ0) is 14.4. The molecule has 2 rings (SSSR count). The molecular formula is C16H21NO3. The highest BCUT2D eigenvalue weighted by Crippen LogP contribution is 2.31. The minimum Gasteiger partial charge on any atom is -0.497 e. The molecule has 1 aliphatic rings. The fourth-order valence-corrected chi connectivity index (χ4v) is 2.55. The summed E-state index contributed by atoms with van der Waals surface area (Å²) in [6, 6.07) is 7.84. The van der Waals surface area contributed by atoms with Crippen LogP contribution in [0.5, 0.6) is 5.75 Å². The van der Waals surface area contributed by atoms with Gasteiger partial charge in [-0.05, 0) is 42.5 Å². The normalized spacial score (nSPS) is 17.2. The Morgan fingerprint density at radius 3 is 2.60 bits per heavy atom. The summed E-state index contributed by atoms with van der Waals surface area (Å²) >= 11 is 0. The highest BCUT2D eigenvalue weighted by atomic mass is 16.5. The van der Waals surface area contributed by atoms with E-state index >= 15 is 0 Å². The van der Waals surface area contributed by atoms with Crippen molar-refractivity contribution in [2.24, 2.45) is 5.92 Å². The first-order chi connectivity index (χ1) is 9.74. The van der Waals surface area contributed by atoms with E-state index in [0.717, 1.165) is 37.4 Å². The molecular weight excluding hydrogens is 254 g/mol. The number of methoxy groups -OCH3 is 1. The second-order valence-electron chi connectivity index (χ2n) is 4.91. The summed E-state index contributed by atoms with van der Waals surface area (Å²) in [5, 5.41) is 3.04. The Kier molecular flexibility index (Phi) is 5.18. The van der Waals surface area contributed by atoms with Gasteiger partial charge in [-0.1, -0.05) is 18.7 Å². The van der Waals surface area contributed by atoms with Crippen molar-refractivity contribution in [3.05, 3.63) is 42.5 Å². The maximum Gasteiger partial charge on any atom is 0.243 e. The summed E-state index contributed by atoms with van der Waals surface area (Å²) in [4.78, 5) is 11.7. The van der Waals surface area contributed by atoms with Crippen molar-refractivity contribution in [1.82, 2.24) is 5.32 Å². The Labute approximate surface area is 119 Å². The van der Waals surface area contributed by atoms with Crippen LogP contribution in [0.25, 0.3) is 0 Å². The van der Waals surface area contributed by atoms with Crippen molar-refractivity contribution < 1.29 is 14.3 Å². The molecule has 1 saturated heterocycles. The Morgan fingerprint density at radius 2 is 2.05 bits per heavy atom. The first-order valence-corrected chi connectivity index (χ1v) is 6.89. The van der Waals surface area contributed by atoms with E-state index in [0.29, 0.717) is 5.92 Å². The second kappa shape index (κ2) is 7.10. The highest BCUT2D eigenvalue weighted by molar-refractivity contribution is 5.87. The third-order valence-electron chi connectivity index (χ3n) is 3.70. The molecule has 4 heteroatoms.